The van der Waals surface area contributed by atoms with Crippen molar-refractivity contribution in [2.24, 2.45) is 4.99 Å². The Morgan fingerprint density at radius 2 is 1.76 bits per heavy atom. The maximum absolute atomic E-state index is 13.1. The van der Waals surface area contributed by atoms with E-state index in [0.29, 0.717) is 19.0 Å². The van der Waals surface area contributed by atoms with Crippen LogP contribution in [0.1, 0.15) is 24.2 Å². The fraction of sp³-hybridized carbons (Fsp3) is 0.381. The van der Waals surface area contributed by atoms with Crippen molar-refractivity contribution in [1.82, 2.24) is 10.6 Å². The standard InChI is InChI=1S/C21H28FN3O3.HI/c1-5-23-21(24-13-16-8-11-18(26-2)12-19(16)27-3)25-14-20(28-4)15-6-9-17(22)10-7-15;/h6-12,20H,5,13-14H2,1-4H3,(H2,23,24,25);1H. The van der Waals surface area contributed by atoms with Crippen molar-refractivity contribution < 1.29 is 18.6 Å². The van der Waals surface area contributed by atoms with E-state index in [9.17, 15) is 4.39 Å². The largest absolute Gasteiger partial charge is 0.497 e. The van der Waals surface area contributed by atoms with E-state index < -0.39 is 0 Å². The third-order valence-electron chi connectivity index (χ3n) is 4.23. The van der Waals surface area contributed by atoms with Crippen molar-refractivity contribution in [2.45, 2.75) is 19.6 Å². The number of halogens is 2. The highest BCUT2D eigenvalue weighted by Gasteiger charge is 2.12. The molecule has 0 heterocycles. The van der Waals surface area contributed by atoms with E-state index >= 15 is 0 Å². The Balaban J connectivity index is 0.00000420. The second-order valence-electron chi connectivity index (χ2n) is 6.03. The van der Waals surface area contributed by atoms with Gasteiger partial charge in [-0.2, -0.15) is 0 Å². The van der Waals surface area contributed by atoms with E-state index in [-0.39, 0.29) is 35.9 Å². The van der Waals surface area contributed by atoms with Crippen molar-refractivity contribution in [1.29, 1.82) is 0 Å². The summed E-state index contributed by atoms with van der Waals surface area (Å²) in [6.45, 7) is 3.66. The number of aliphatic imine (C=N–C) groups is 1. The Labute approximate surface area is 188 Å². The van der Waals surface area contributed by atoms with Gasteiger partial charge in [-0.1, -0.05) is 12.1 Å². The molecule has 1 atom stereocenters. The number of hydrogen-bond donors (Lipinski definition) is 2. The molecule has 0 aliphatic carbocycles. The summed E-state index contributed by atoms with van der Waals surface area (Å²) >= 11 is 0. The molecular weight excluding hydrogens is 488 g/mol. The molecule has 160 valence electrons. The molecule has 2 aromatic carbocycles. The van der Waals surface area contributed by atoms with Gasteiger partial charge >= 0.3 is 0 Å². The summed E-state index contributed by atoms with van der Waals surface area (Å²) in [4.78, 5) is 4.62. The van der Waals surface area contributed by atoms with Crippen LogP contribution in [0.5, 0.6) is 11.5 Å². The molecule has 2 N–H and O–H groups in total. The number of ether oxygens (including phenoxy) is 3. The first-order chi connectivity index (χ1) is 13.6. The number of methoxy groups -OCH3 is 3. The van der Waals surface area contributed by atoms with Crippen LogP contribution in [0.15, 0.2) is 47.5 Å². The minimum atomic E-state index is -0.269. The van der Waals surface area contributed by atoms with Gasteiger partial charge in [-0.3, -0.25) is 0 Å². The summed E-state index contributed by atoms with van der Waals surface area (Å²) < 4.78 is 29.3. The lowest BCUT2D eigenvalue weighted by molar-refractivity contribution is 0.106. The van der Waals surface area contributed by atoms with Crippen LogP contribution in [0.25, 0.3) is 0 Å². The second kappa shape index (κ2) is 13.2. The highest BCUT2D eigenvalue weighted by molar-refractivity contribution is 14.0. The number of benzene rings is 2. The van der Waals surface area contributed by atoms with Gasteiger partial charge in [-0.05, 0) is 36.8 Å². The second-order valence-corrected chi connectivity index (χ2v) is 6.03. The maximum atomic E-state index is 13.1. The van der Waals surface area contributed by atoms with E-state index in [1.54, 1.807) is 33.5 Å². The molecule has 0 aliphatic rings. The molecule has 2 rings (SSSR count). The van der Waals surface area contributed by atoms with Crippen LogP contribution in [-0.2, 0) is 11.3 Å². The minimum absolute atomic E-state index is 0. The molecule has 1 unspecified atom stereocenters. The summed E-state index contributed by atoms with van der Waals surface area (Å²) in [7, 11) is 4.87. The van der Waals surface area contributed by atoms with E-state index in [0.717, 1.165) is 29.2 Å². The van der Waals surface area contributed by atoms with Gasteiger partial charge < -0.3 is 24.8 Å². The Hall–Kier alpha value is -2.07. The fourth-order valence-electron chi connectivity index (χ4n) is 2.69. The summed E-state index contributed by atoms with van der Waals surface area (Å²) in [5, 5.41) is 6.48. The van der Waals surface area contributed by atoms with Crippen molar-refractivity contribution in [2.75, 3.05) is 34.4 Å². The molecule has 29 heavy (non-hydrogen) atoms. The number of hydrogen-bond acceptors (Lipinski definition) is 4. The molecule has 6 nitrogen and oxygen atoms in total. The maximum Gasteiger partial charge on any atom is 0.191 e. The van der Waals surface area contributed by atoms with Crippen LogP contribution < -0.4 is 20.1 Å². The van der Waals surface area contributed by atoms with Crippen LogP contribution in [0.4, 0.5) is 4.39 Å². The van der Waals surface area contributed by atoms with Crippen LogP contribution in [0, 0.1) is 5.82 Å². The monoisotopic (exact) mass is 517 g/mol. The highest BCUT2D eigenvalue weighted by Crippen LogP contribution is 2.25. The lowest BCUT2D eigenvalue weighted by Crippen LogP contribution is -2.39. The quantitative estimate of drug-likeness (QED) is 0.300. The number of guanidine groups is 1. The molecule has 0 aromatic heterocycles. The highest BCUT2D eigenvalue weighted by atomic mass is 127. The Bertz CT molecular complexity index is 772. The first kappa shape index (κ1) is 25.0. The average molecular weight is 517 g/mol. The Morgan fingerprint density at radius 1 is 1.03 bits per heavy atom. The van der Waals surface area contributed by atoms with Crippen LogP contribution in [0.3, 0.4) is 0 Å². The molecule has 0 amide bonds. The first-order valence-corrected chi connectivity index (χ1v) is 9.12. The number of nitrogens with one attached hydrogen (secondary N) is 2. The predicted molar refractivity (Wildman–Crippen MR) is 124 cm³/mol. The normalized spacial score (nSPS) is 12.0. The van der Waals surface area contributed by atoms with Gasteiger partial charge in [0.05, 0.1) is 26.9 Å². The van der Waals surface area contributed by atoms with Crippen LogP contribution >= 0.6 is 24.0 Å². The van der Waals surface area contributed by atoms with E-state index in [1.807, 2.05) is 25.1 Å². The predicted octanol–water partition coefficient (Wildman–Crippen LogP) is 3.90. The Morgan fingerprint density at radius 3 is 2.34 bits per heavy atom. The van der Waals surface area contributed by atoms with Gasteiger partial charge in [-0.15, -0.1) is 24.0 Å². The smallest absolute Gasteiger partial charge is 0.191 e. The number of nitrogens with zero attached hydrogens (tertiary/aromatic N) is 1. The molecule has 0 aliphatic heterocycles. The van der Waals surface area contributed by atoms with Gasteiger partial charge in [0.25, 0.3) is 0 Å². The third kappa shape index (κ3) is 7.69. The molecule has 0 radical (unpaired) electrons. The zero-order valence-electron chi connectivity index (χ0n) is 17.2. The lowest BCUT2D eigenvalue weighted by Gasteiger charge is -2.19. The Kier molecular flexibility index (Phi) is 11.4. The molecule has 0 spiro atoms. The van der Waals surface area contributed by atoms with E-state index in [2.05, 4.69) is 15.6 Å². The summed E-state index contributed by atoms with van der Waals surface area (Å²) in [5.74, 6) is 1.84. The fourth-order valence-corrected chi connectivity index (χ4v) is 2.69. The molecule has 0 bridgehead atoms. The molecule has 0 saturated carbocycles. The summed E-state index contributed by atoms with van der Waals surface area (Å²) in [5.41, 5.74) is 1.84. The van der Waals surface area contributed by atoms with Crippen molar-refractivity contribution in [3.8, 4) is 11.5 Å². The van der Waals surface area contributed by atoms with Crippen molar-refractivity contribution in [3.63, 3.8) is 0 Å². The van der Waals surface area contributed by atoms with Gasteiger partial charge in [0, 0.05) is 31.8 Å². The zero-order valence-corrected chi connectivity index (χ0v) is 19.5. The van der Waals surface area contributed by atoms with E-state index in [4.69, 9.17) is 14.2 Å². The van der Waals surface area contributed by atoms with Crippen molar-refractivity contribution in [3.05, 3.63) is 59.4 Å². The van der Waals surface area contributed by atoms with Gasteiger partial charge in [0.2, 0.25) is 0 Å². The first-order valence-electron chi connectivity index (χ1n) is 9.12. The van der Waals surface area contributed by atoms with Gasteiger partial charge in [-0.25, -0.2) is 9.38 Å². The van der Waals surface area contributed by atoms with Gasteiger partial charge in [0.15, 0.2) is 5.96 Å². The zero-order chi connectivity index (χ0) is 20.4. The summed E-state index contributed by atoms with van der Waals surface area (Å²) in [6, 6.07) is 11.9. The minimum Gasteiger partial charge on any atom is -0.497 e. The third-order valence-corrected chi connectivity index (χ3v) is 4.23. The van der Waals surface area contributed by atoms with Crippen LogP contribution in [-0.4, -0.2) is 40.4 Å². The SMILES string of the molecule is CCNC(=NCc1ccc(OC)cc1OC)NCC(OC)c1ccc(F)cc1.I. The molecule has 0 saturated heterocycles. The number of rotatable bonds is 9. The lowest BCUT2D eigenvalue weighted by atomic mass is 10.1. The van der Waals surface area contributed by atoms with Gasteiger partial charge in [0.1, 0.15) is 17.3 Å². The topological polar surface area (TPSA) is 64.1 Å². The summed E-state index contributed by atoms with van der Waals surface area (Å²) in [6.07, 6.45) is -0.222. The molecule has 2 aromatic rings. The van der Waals surface area contributed by atoms with E-state index in [1.165, 1.54) is 12.1 Å². The molecule has 0 fully saturated rings. The average Bonchev–Trinajstić information content (AvgIpc) is 2.73. The molecular formula is C21H29FIN3O3. The molecule has 8 heteroatoms. The van der Waals surface area contributed by atoms with Crippen LogP contribution in [0.2, 0.25) is 0 Å². The van der Waals surface area contributed by atoms with Crippen molar-refractivity contribution >= 4 is 29.9 Å².